The minimum Gasteiger partial charge on any atom is -0.300 e. The predicted molar refractivity (Wildman–Crippen MR) is 95.9 cm³/mol. The number of nitrogens with zero attached hydrogens (tertiary/aromatic N) is 4. The average molecular weight is 340 g/mol. The number of hydrazone groups is 1. The minimum atomic E-state index is -1.62. The lowest BCUT2D eigenvalue weighted by molar-refractivity contribution is -0.122. The van der Waals surface area contributed by atoms with Gasteiger partial charge in [0.2, 0.25) is 5.54 Å². The van der Waals surface area contributed by atoms with Gasteiger partial charge in [0.15, 0.2) is 0 Å². The smallest absolute Gasteiger partial charge is 0.240 e. The van der Waals surface area contributed by atoms with Crippen LogP contribution in [0.5, 0.6) is 0 Å². The summed E-state index contributed by atoms with van der Waals surface area (Å²) in [6.45, 7) is 1.46. The van der Waals surface area contributed by atoms with E-state index in [-0.39, 0.29) is 17.7 Å². The Morgan fingerprint density at radius 2 is 1.73 bits per heavy atom. The van der Waals surface area contributed by atoms with E-state index in [0.717, 1.165) is 16.7 Å². The number of nitriles is 2. The molecule has 2 aliphatic rings. The molecule has 26 heavy (non-hydrogen) atoms. The van der Waals surface area contributed by atoms with Crippen molar-refractivity contribution in [2.75, 3.05) is 0 Å². The average Bonchev–Trinajstić information content (AvgIpc) is 3.00. The first kappa shape index (κ1) is 16.1. The van der Waals surface area contributed by atoms with Gasteiger partial charge in [-0.1, -0.05) is 54.6 Å². The molecule has 4 rings (SSSR count). The van der Waals surface area contributed by atoms with Crippen molar-refractivity contribution in [1.82, 2.24) is 5.01 Å². The van der Waals surface area contributed by atoms with Crippen molar-refractivity contribution in [3.05, 3.63) is 71.3 Å². The van der Waals surface area contributed by atoms with Crippen molar-refractivity contribution in [1.29, 1.82) is 10.5 Å². The normalized spacial score (nSPS) is 24.9. The number of carbonyl (C=O) groups is 1. The molecule has 0 saturated carbocycles. The first-order valence-corrected chi connectivity index (χ1v) is 8.44. The molecule has 126 valence electrons. The first-order valence-electron chi connectivity index (χ1n) is 8.44. The Bertz CT molecular complexity index is 969. The summed E-state index contributed by atoms with van der Waals surface area (Å²) in [7, 11) is 0. The molecular weight excluding hydrogens is 324 g/mol. The van der Waals surface area contributed by atoms with Gasteiger partial charge in [-0.2, -0.15) is 15.6 Å². The number of rotatable bonds is 2. The van der Waals surface area contributed by atoms with Crippen molar-refractivity contribution in [3.63, 3.8) is 0 Å². The Balaban J connectivity index is 2.02. The Kier molecular flexibility index (Phi) is 3.60. The minimum absolute atomic E-state index is 0.177. The van der Waals surface area contributed by atoms with Gasteiger partial charge in [-0.15, -0.1) is 0 Å². The Hall–Kier alpha value is -3.44. The highest BCUT2D eigenvalue weighted by Crippen LogP contribution is 2.56. The molecule has 0 unspecified atom stereocenters. The van der Waals surface area contributed by atoms with Gasteiger partial charge in [-0.25, -0.2) is 0 Å². The van der Waals surface area contributed by atoms with Gasteiger partial charge in [-0.05, 0) is 23.6 Å². The Labute approximate surface area is 151 Å². The molecule has 2 aromatic carbocycles. The summed E-state index contributed by atoms with van der Waals surface area (Å²) < 4.78 is 0. The molecule has 0 spiro atoms. The molecule has 0 bridgehead atoms. The Morgan fingerprint density at radius 1 is 1.08 bits per heavy atom. The molecule has 3 atom stereocenters. The quantitative estimate of drug-likeness (QED) is 0.841. The van der Waals surface area contributed by atoms with Gasteiger partial charge in [0, 0.05) is 5.92 Å². The van der Waals surface area contributed by atoms with Crippen LogP contribution in [0, 0.1) is 28.6 Å². The first-order chi connectivity index (χ1) is 12.6. The van der Waals surface area contributed by atoms with Gasteiger partial charge in [0.05, 0.1) is 18.2 Å². The molecule has 0 N–H and O–H groups in total. The van der Waals surface area contributed by atoms with E-state index in [1.54, 1.807) is 11.2 Å². The third-order valence-corrected chi connectivity index (χ3v) is 5.37. The maximum atomic E-state index is 12.6. The fourth-order valence-electron chi connectivity index (χ4n) is 4.33. The molecule has 1 fully saturated rings. The number of hydrogen-bond donors (Lipinski definition) is 0. The van der Waals surface area contributed by atoms with Crippen LogP contribution >= 0.6 is 0 Å². The molecule has 0 aliphatic carbocycles. The molecule has 2 aliphatic heterocycles. The van der Waals surface area contributed by atoms with E-state index in [2.05, 4.69) is 17.2 Å². The van der Waals surface area contributed by atoms with E-state index in [1.807, 2.05) is 54.6 Å². The second-order valence-corrected chi connectivity index (χ2v) is 6.68. The van der Waals surface area contributed by atoms with E-state index in [9.17, 15) is 15.3 Å². The van der Waals surface area contributed by atoms with Crippen LogP contribution in [0.1, 0.15) is 35.6 Å². The second-order valence-electron chi connectivity index (χ2n) is 6.68. The number of Topliss-reactive ketones (excluding diaryl/α,β-unsaturated/α-hetero) is 1. The molecule has 2 heterocycles. The summed E-state index contributed by atoms with van der Waals surface area (Å²) in [5.41, 5.74) is 1.24. The molecule has 5 heteroatoms. The predicted octanol–water partition coefficient (Wildman–Crippen LogP) is 3.17. The van der Waals surface area contributed by atoms with Gasteiger partial charge in [0.25, 0.3) is 0 Å². The zero-order chi connectivity index (χ0) is 18.3. The zero-order valence-electron chi connectivity index (χ0n) is 14.2. The highest BCUT2D eigenvalue weighted by atomic mass is 16.1. The molecule has 2 aromatic rings. The van der Waals surface area contributed by atoms with Crippen LogP contribution in [0.15, 0.2) is 59.7 Å². The number of carbonyl (C=O) groups excluding carboxylic acids is 1. The monoisotopic (exact) mass is 340 g/mol. The van der Waals surface area contributed by atoms with Crippen molar-refractivity contribution >= 4 is 12.0 Å². The Morgan fingerprint density at radius 3 is 2.38 bits per heavy atom. The van der Waals surface area contributed by atoms with E-state index < -0.39 is 11.5 Å². The van der Waals surface area contributed by atoms with Crippen LogP contribution < -0.4 is 0 Å². The summed E-state index contributed by atoms with van der Waals surface area (Å²) >= 11 is 0. The van der Waals surface area contributed by atoms with Crippen molar-refractivity contribution in [2.24, 2.45) is 11.0 Å². The summed E-state index contributed by atoms with van der Waals surface area (Å²) in [6.07, 6.45) is 1.67. The van der Waals surface area contributed by atoms with Gasteiger partial charge in [-0.3, -0.25) is 9.80 Å². The lowest BCUT2D eigenvalue weighted by atomic mass is 9.73. The van der Waals surface area contributed by atoms with Crippen LogP contribution in [0.25, 0.3) is 0 Å². The van der Waals surface area contributed by atoms with E-state index >= 15 is 0 Å². The lowest BCUT2D eigenvalue weighted by Crippen LogP contribution is -2.46. The number of fused-ring (bicyclic) bond motifs is 3. The van der Waals surface area contributed by atoms with Gasteiger partial charge < -0.3 is 0 Å². The molecule has 1 saturated heterocycles. The molecule has 5 nitrogen and oxygen atoms in total. The maximum absolute atomic E-state index is 12.6. The lowest BCUT2D eigenvalue weighted by Gasteiger charge is -2.33. The van der Waals surface area contributed by atoms with Gasteiger partial charge in [0.1, 0.15) is 17.9 Å². The third-order valence-electron chi connectivity index (χ3n) is 5.37. The third kappa shape index (κ3) is 2.01. The standard InChI is InChI=1S/C21H16N4O/c1-14(26)19-18(15-7-3-2-4-8-15)20-17-10-6-5-9-16(17)11-24-25(20)21(19,12-22)13-23/h2-11,18-20H,1H3/t18-,19-,20+/m1/s1. The highest BCUT2D eigenvalue weighted by Gasteiger charge is 2.63. The van der Waals surface area contributed by atoms with Gasteiger partial charge >= 0.3 is 0 Å². The van der Waals surface area contributed by atoms with Crippen LogP contribution in [-0.2, 0) is 4.79 Å². The fraction of sp³-hybridized carbons (Fsp3) is 0.238. The summed E-state index contributed by atoms with van der Waals surface area (Å²) in [6, 6.07) is 21.3. The number of ketones is 1. The summed E-state index contributed by atoms with van der Waals surface area (Å²) in [4.78, 5) is 12.6. The second kappa shape index (κ2) is 5.82. The number of benzene rings is 2. The summed E-state index contributed by atoms with van der Waals surface area (Å²) in [5.74, 6) is -1.29. The largest absolute Gasteiger partial charge is 0.300 e. The van der Waals surface area contributed by atoms with Crippen molar-refractivity contribution < 1.29 is 4.79 Å². The maximum Gasteiger partial charge on any atom is 0.240 e. The van der Waals surface area contributed by atoms with Crippen LogP contribution in [0.3, 0.4) is 0 Å². The fourth-order valence-corrected chi connectivity index (χ4v) is 4.33. The van der Waals surface area contributed by atoms with Crippen LogP contribution in [0.4, 0.5) is 0 Å². The zero-order valence-corrected chi connectivity index (χ0v) is 14.2. The van der Waals surface area contributed by atoms with E-state index in [0.29, 0.717) is 0 Å². The molecular formula is C21H16N4O. The number of hydrogen-bond acceptors (Lipinski definition) is 5. The van der Waals surface area contributed by atoms with Crippen molar-refractivity contribution in [3.8, 4) is 12.1 Å². The van der Waals surface area contributed by atoms with E-state index in [1.165, 1.54) is 6.92 Å². The van der Waals surface area contributed by atoms with Crippen LogP contribution in [0.2, 0.25) is 0 Å². The SMILES string of the molecule is CC(=O)[C@@H]1[C@@H](c2ccccc2)[C@@H]2c3ccccc3C=NN2C1(C#N)C#N. The highest BCUT2D eigenvalue weighted by molar-refractivity contribution is 5.87. The molecule has 0 radical (unpaired) electrons. The van der Waals surface area contributed by atoms with E-state index in [4.69, 9.17) is 0 Å². The topological polar surface area (TPSA) is 80.2 Å². The molecule has 0 amide bonds. The molecule has 0 aromatic heterocycles. The van der Waals surface area contributed by atoms with Crippen molar-refractivity contribution in [2.45, 2.75) is 24.4 Å². The van der Waals surface area contributed by atoms with Crippen LogP contribution in [-0.4, -0.2) is 22.5 Å². The summed E-state index contributed by atoms with van der Waals surface area (Å²) in [5, 5.41) is 25.9.